The smallest absolute Gasteiger partial charge is 0.224 e. The number of nitrogens with one attached hydrogen (secondary N) is 2. The second-order valence-corrected chi connectivity index (χ2v) is 6.13. The normalized spacial score (nSPS) is 29.3. The first-order chi connectivity index (χ1) is 9.15. The number of hydrogen-bond acceptors (Lipinski definition) is 2. The lowest BCUT2D eigenvalue weighted by Gasteiger charge is -2.11. The molecule has 3 unspecified atom stereocenters. The topological polar surface area (TPSA) is 41.1 Å². The van der Waals surface area contributed by atoms with Crippen LogP contribution in [0.4, 0.5) is 0 Å². The minimum atomic E-state index is 0.0952. The molecular weight excluding hydrogens is 283 g/mol. The Labute approximate surface area is 122 Å². The maximum atomic E-state index is 12.1. The highest BCUT2D eigenvalue weighted by Gasteiger charge is 2.44. The summed E-state index contributed by atoms with van der Waals surface area (Å²) in [6.45, 7) is 1.88. The van der Waals surface area contributed by atoms with Crippen LogP contribution in [0.15, 0.2) is 18.2 Å². The van der Waals surface area contributed by atoms with Crippen LogP contribution >= 0.6 is 23.2 Å². The van der Waals surface area contributed by atoms with E-state index in [0.717, 1.165) is 31.5 Å². The molecule has 0 radical (unpaired) electrons. The summed E-state index contributed by atoms with van der Waals surface area (Å²) in [6.07, 6.45) is 1.93. The van der Waals surface area contributed by atoms with Gasteiger partial charge in [-0.2, -0.15) is 0 Å². The van der Waals surface area contributed by atoms with E-state index in [0.29, 0.717) is 22.0 Å². The molecule has 2 fully saturated rings. The second-order valence-electron chi connectivity index (χ2n) is 5.32. The van der Waals surface area contributed by atoms with Crippen molar-refractivity contribution < 1.29 is 4.79 Å². The van der Waals surface area contributed by atoms with E-state index in [1.54, 1.807) is 6.07 Å². The Balaban J connectivity index is 1.60. The lowest BCUT2D eigenvalue weighted by atomic mass is 10.1. The molecule has 2 aliphatic rings. The molecule has 1 aromatic carbocycles. The van der Waals surface area contributed by atoms with Crippen LogP contribution in [0.25, 0.3) is 0 Å². The van der Waals surface area contributed by atoms with Crippen molar-refractivity contribution in [1.29, 1.82) is 0 Å². The standard InChI is InChI=1S/C14H16Cl2N2O/c15-12-2-1-8(5-13(12)16)10-6-11(10)14(19)18-9-3-4-17-7-9/h1-2,5,9-11,17H,3-4,6-7H2,(H,18,19). The molecule has 0 bridgehead atoms. The molecule has 1 saturated carbocycles. The summed E-state index contributed by atoms with van der Waals surface area (Å²) in [7, 11) is 0. The minimum absolute atomic E-state index is 0.0952. The number of amides is 1. The Hall–Kier alpha value is -0.770. The molecule has 1 aliphatic carbocycles. The summed E-state index contributed by atoms with van der Waals surface area (Å²) in [5, 5.41) is 7.47. The van der Waals surface area contributed by atoms with Crippen LogP contribution < -0.4 is 10.6 Å². The van der Waals surface area contributed by atoms with Crippen LogP contribution in [0.1, 0.15) is 24.3 Å². The maximum Gasteiger partial charge on any atom is 0.224 e. The van der Waals surface area contributed by atoms with Crippen LogP contribution in [-0.2, 0) is 4.79 Å². The first-order valence-corrected chi connectivity index (χ1v) is 7.37. The molecule has 1 aromatic rings. The molecule has 1 amide bonds. The van der Waals surface area contributed by atoms with Crippen molar-refractivity contribution >= 4 is 29.1 Å². The highest BCUT2D eigenvalue weighted by Crippen LogP contribution is 2.48. The quantitative estimate of drug-likeness (QED) is 0.900. The highest BCUT2D eigenvalue weighted by molar-refractivity contribution is 6.42. The van der Waals surface area contributed by atoms with Gasteiger partial charge in [0.2, 0.25) is 5.91 Å². The van der Waals surface area contributed by atoms with E-state index in [1.807, 2.05) is 12.1 Å². The summed E-state index contributed by atoms with van der Waals surface area (Å²) in [4.78, 5) is 12.1. The Morgan fingerprint density at radius 1 is 1.32 bits per heavy atom. The SMILES string of the molecule is O=C(NC1CCNC1)C1CC1c1ccc(Cl)c(Cl)c1. The molecule has 3 atom stereocenters. The lowest BCUT2D eigenvalue weighted by Crippen LogP contribution is -2.37. The molecular formula is C14H16Cl2N2O. The molecule has 0 aromatic heterocycles. The first-order valence-electron chi connectivity index (χ1n) is 6.61. The molecule has 1 saturated heterocycles. The first kappa shape index (κ1) is 13.2. The van der Waals surface area contributed by atoms with Gasteiger partial charge in [0.1, 0.15) is 0 Å². The number of carbonyl (C=O) groups excluding carboxylic acids is 1. The largest absolute Gasteiger partial charge is 0.352 e. The van der Waals surface area contributed by atoms with E-state index in [1.165, 1.54) is 0 Å². The van der Waals surface area contributed by atoms with Crippen molar-refractivity contribution in [1.82, 2.24) is 10.6 Å². The van der Waals surface area contributed by atoms with Crippen molar-refractivity contribution in [2.45, 2.75) is 24.8 Å². The average molecular weight is 299 g/mol. The summed E-state index contributed by atoms with van der Waals surface area (Å²) < 4.78 is 0. The Morgan fingerprint density at radius 3 is 2.84 bits per heavy atom. The third kappa shape index (κ3) is 2.88. The summed E-state index contributed by atoms with van der Waals surface area (Å²) >= 11 is 11.9. The van der Waals surface area contributed by atoms with Crippen LogP contribution in [-0.4, -0.2) is 25.0 Å². The van der Waals surface area contributed by atoms with Gasteiger partial charge in [0, 0.05) is 18.5 Å². The number of rotatable bonds is 3. The molecule has 5 heteroatoms. The van der Waals surface area contributed by atoms with E-state index < -0.39 is 0 Å². The van der Waals surface area contributed by atoms with Crippen molar-refractivity contribution in [2.75, 3.05) is 13.1 Å². The summed E-state index contributed by atoms with van der Waals surface area (Å²) in [5.41, 5.74) is 1.11. The predicted octanol–water partition coefficient (Wildman–Crippen LogP) is 2.58. The van der Waals surface area contributed by atoms with Gasteiger partial charge in [-0.15, -0.1) is 0 Å². The monoisotopic (exact) mass is 298 g/mol. The molecule has 0 spiro atoms. The van der Waals surface area contributed by atoms with Gasteiger partial charge in [0.05, 0.1) is 10.0 Å². The maximum absolute atomic E-state index is 12.1. The van der Waals surface area contributed by atoms with E-state index in [9.17, 15) is 4.79 Å². The predicted molar refractivity (Wildman–Crippen MR) is 76.7 cm³/mol. The van der Waals surface area contributed by atoms with Crippen molar-refractivity contribution in [3.63, 3.8) is 0 Å². The average Bonchev–Trinajstić information content (AvgIpc) is 3.04. The summed E-state index contributed by atoms with van der Waals surface area (Å²) in [5.74, 6) is 0.562. The zero-order chi connectivity index (χ0) is 13.4. The van der Waals surface area contributed by atoms with Gasteiger partial charge < -0.3 is 10.6 Å². The van der Waals surface area contributed by atoms with Crippen molar-refractivity contribution in [3.05, 3.63) is 33.8 Å². The fourth-order valence-corrected chi connectivity index (χ4v) is 2.99. The fraction of sp³-hybridized carbons (Fsp3) is 0.500. The van der Waals surface area contributed by atoms with Gasteiger partial charge in [0.25, 0.3) is 0 Å². The van der Waals surface area contributed by atoms with Gasteiger partial charge in [-0.05, 0) is 43.0 Å². The van der Waals surface area contributed by atoms with E-state index in [-0.39, 0.29) is 11.8 Å². The van der Waals surface area contributed by atoms with Crippen molar-refractivity contribution in [3.8, 4) is 0 Å². The lowest BCUT2D eigenvalue weighted by molar-refractivity contribution is -0.123. The number of benzene rings is 1. The Bertz CT molecular complexity index is 500. The second kappa shape index (κ2) is 5.31. The van der Waals surface area contributed by atoms with Gasteiger partial charge in [-0.25, -0.2) is 0 Å². The van der Waals surface area contributed by atoms with Crippen LogP contribution in [0, 0.1) is 5.92 Å². The Morgan fingerprint density at radius 2 is 2.16 bits per heavy atom. The van der Waals surface area contributed by atoms with Crippen LogP contribution in [0.2, 0.25) is 10.0 Å². The minimum Gasteiger partial charge on any atom is -0.352 e. The summed E-state index contributed by atoms with van der Waals surface area (Å²) in [6, 6.07) is 5.93. The third-order valence-corrected chi connectivity index (χ3v) is 4.64. The van der Waals surface area contributed by atoms with Gasteiger partial charge in [-0.1, -0.05) is 29.3 Å². The molecule has 19 heavy (non-hydrogen) atoms. The van der Waals surface area contributed by atoms with Gasteiger partial charge in [0.15, 0.2) is 0 Å². The fourth-order valence-electron chi connectivity index (χ4n) is 2.68. The van der Waals surface area contributed by atoms with E-state index in [2.05, 4.69) is 10.6 Å². The molecule has 102 valence electrons. The van der Waals surface area contributed by atoms with E-state index >= 15 is 0 Å². The van der Waals surface area contributed by atoms with Crippen LogP contribution in [0.3, 0.4) is 0 Å². The van der Waals surface area contributed by atoms with E-state index in [4.69, 9.17) is 23.2 Å². The number of halogens is 2. The third-order valence-electron chi connectivity index (χ3n) is 3.91. The van der Waals surface area contributed by atoms with Crippen molar-refractivity contribution in [2.24, 2.45) is 5.92 Å². The molecule has 2 N–H and O–H groups in total. The molecule has 3 nitrogen and oxygen atoms in total. The molecule has 1 heterocycles. The number of hydrogen-bond donors (Lipinski definition) is 2. The zero-order valence-electron chi connectivity index (χ0n) is 10.5. The van der Waals surface area contributed by atoms with Gasteiger partial charge in [-0.3, -0.25) is 4.79 Å². The van der Waals surface area contributed by atoms with Crippen LogP contribution in [0.5, 0.6) is 0 Å². The van der Waals surface area contributed by atoms with Gasteiger partial charge >= 0.3 is 0 Å². The molecule has 3 rings (SSSR count). The zero-order valence-corrected chi connectivity index (χ0v) is 12.0. The Kier molecular flexibility index (Phi) is 3.70. The molecule has 1 aliphatic heterocycles. The highest BCUT2D eigenvalue weighted by atomic mass is 35.5. The number of carbonyl (C=O) groups is 1.